The van der Waals surface area contributed by atoms with Crippen LogP contribution in [0.4, 0.5) is 0 Å². The molecule has 0 aliphatic heterocycles. The first-order valence-corrected chi connectivity index (χ1v) is 5.27. The summed E-state index contributed by atoms with van der Waals surface area (Å²) in [5.41, 5.74) is 4.70. The summed E-state index contributed by atoms with van der Waals surface area (Å²) in [6.45, 7) is 2.51. The summed E-state index contributed by atoms with van der Waals surface area (Å²) in [5.74, 6) is -0.229. The molecule has 1 rings (SSSR count). The lowest BCUT2D eigenvalue weighted by atomic mass is 10.0. The van der Waals surface area contributed by atoms with E-state index in [0.29, 0.717) is 13.1 Å². The van der Waals surface area contributed by atoms with E-state index in [2.05, 4.69) is 5.32 Å². The van der Waals surface area contributed by atoms with E-state index < -0.39 is 5.60 Å². The van der Waals surface area contributed by atoms with Crippen LogP contribution in [-0.4, -0.2) is 29.7 Å². The van der Waals surface area contributed by atoms with Gasteiger partial charge >= 0.3 is 0 Å². The second kappa shape index (κ2) is 4.75. The summed E-state index contributed by atoms with van der Waals surface area (Å²) in [7, 11) is 0. The molecular weight excluding hydrogens is 180 g/mol. The monoisotopic (exact) mass is 200 g/mol. The molecule has 0 aromatic carbocycles. The number of carbonyl (C=O) groups is 1. The molecule has 1 aliphatic carbocycles. The second-order valence-corrected chi connectivity index (χ2v) is 4.29. The Labute approximate surface area is 84.9 Å². The quantitative estimate of drug-likeness (QED) is 0.598. The van der Waals surface area contributed by atoms with Crippen molar-refractivity contribution in [3.05, 3.63) is 0 Å². The van der Waals surface area contributed by atoms with E-state index in [1.807, 2.05) is 0 Å². The molecule has 0 heterocycles. The molecule has 4 N–H and O–H groups in total. The van der Waals surface area contributed by atoms with Gasteiger partial charge in [-0.2, -0.15) is 0 Å². The van der Waals surface area contributed by atoms with Crippen molar-refractivity contribution >= 4 is 5.91 Å². The van der Waals surface area contributed by atoms with Crippen molar-refractivity contribution in [3.63, 3.8) is 0 Å². The summed E-state index contributed by atoms with van der Waals surface area (Å²) >= 11 is 0. The molecule has 0 saturated heterocycles. The van der Waals surface area contributed by atoms with Crippen LogP contribution < -0.4 is 11.1 Å². The molecule has 1 aliphatic rings. The van der Waals surface area contributed by atoms with Crippen molar-refractivity contribution in [2.24, 2.45) is 11.7 Å². The van der Waals surface area contributed by atoms with Gasteiger partial charge in [0.1, 0.15) is 0 Å². The Morgan fingerprint density at radius 2 is 2.14 bits per heavy atom. The highest BCUT2D eigenvalue weighted by molar-refractivity contribution is 5.78. The lowest BCUT2D eigenvalue weighted by Crippen LogP contribution is -2.43. The summed E-state index contributed by atoms with van der Waals surface area (Å²) in [5, 5.41) is 12.7. The third-order valence-corrected chi connectivity index (χ3v) is 2.93. The molecule has 0 radical (unpaired) electrons. The highest BCUT2D eigenvalue weighted by Crippen LogP contribution is 2.28. The predicted octanol–water partition coefficient (Wildman–Crippen LogP) is 0.00250. The van der Waals surface area contributed by atoms with Crippen LogP contribution in [0, 0.1) is 5.92 Å². The standard InChI is InChI=1S/C10H20N2O2/c1-8(6-11)9(13)12-7-10(14)4-2-3-5-10/h8,14H,2-7,11H2,1H3,(H,12,13). The lowest BCUT2D eigenvalue weighted by Gasteiger charge is -2.23. The number of rotatable bonds is 4. The first kappa shape index (κ1) is 11.5. The zero-order valence-corrected chi connectivity index (χ0v) is 8.75. The number of hydrogen-bond donors (Lipinski definition) is 3. The molecule has 1 amide bonds. The van der Waals surface area contributed by atoms with Crippen molar-refractivity contribution in [1.82, 2.24) is 5.32 Å². The molecule has 1 fully saturated rings. The van der Waals surface area contributed by atoms with Gasteiger partial charge in [-0.3, -0.25) is 4.79 Å². The van der Waals surface area contributed by atoms with Crippen molar-refractivity contribution in [2.75, 3.05) is 13.1 Å². The Balaban J connectivity index is 2.29. The number of hydrogen-bond acceptors (Lipinski definition) is 3. The highest BCUT2D eigenvalue weighted by Gasteiger charge is 2.31. The van der Waals surface area contributed by atoms with Gasteiger partial charge in [0, 0.05) is 19.0 Å². The van der Waals surface area contributed by atoms with E-state index in [-0.39, 0.29) is 11.8 Å². The Morgan fingerprint density at radius 3 is 2.64 bits per heavy atom. The van der Waals surface area contributed by atoms with Gasteiger partial charge in [0.2, 0.25) is 5.91 Å². The Bertz CT molecular complexity index is 200. The van der Waals surface area contributed by atoms with Crippen LogP contribution in [0.15, 0.2) is 0 Å². The van der Waals surface area contributed by atoms with E-state index in [4.69, 9.17) is 5.73 Å². The molecule has 0 aromatic heterocycles. The maximum Gasteiger partial charge on any atom is 0.224 e. The van der Waals surface area contributed by atoms with Crippen LogP contribution >= 0.6 is 0 Å². The van der Waals surface area contributed by atoms with Crippen LogP contribution in [0.5, 0.6) is 0 Å². The third-order valence-electron chi connectivity index (χ3n) is 2.93. The molecule has 1 atom stereocenters. The van der Waals surface area contributed by atoms with Crippen LogP contribution in [0.1, 0.15) is 32.6 Å². The van der Waals surface area contributed by atoms with Gasteiger partial charge in [0.15, 0.2) is 0 Å². The van der Waals surface area contributed by atoms with E-state index in [0.717, 1.165) is 25.7 Å². The highest BCUT2D eigenvalue weighted by atomic mass is 16.3. The van der Waals surface area contributed by atoms with Gasteiger partial charge in [0.05, 0.1) is 5.60 Å². The fourth-order valence-electron chi connectivity index (χ4n) is 1.74. The van der Waals surface area contributed by atoms with Crippen molar-refractivity contribution in [1.29, 1.82) is 0 Å². The second-order valence-electron chi connectivity index (χ2n) is 4.29. The van der Waals surface area contributed by atoms with E-state index in [1.165, 1.54) is 0 Å². The number of aliphatic hydroxyl groups is 1. The lowest BCUT2D eigenvalue weighted by molar-refractivity contribution is -0.125. The van der Waals surface area contributed by atoms with Gasteiger partial charge in [-0.1, -0.05) is 19.8 Å². The SMILES string of the molecule is CC(CN)C(=O)NCC1(O)CCCC1. The van der Waals surface area contributed by atoms with Crippen molar-refractivity contribution in [2.45, 2.75) is 38.2 Å². The minimum Gasteiger partial charge on any atom is -0.388 e. The van der Waals surface area contributed by atoms with Crippen molar-refractivity contribution in [3.8, 4) is 0 Å². The van der Waals surface area contributed by atoms with Crippen LogP contribution in [0.25, 0.3) is 0 Å². The van der Waals surface area contributed by atoms with Gasteiger partial charge in [-0.05, 0) is 12.8 Å². The van der Waals surface area contributed by atoms with Gasteiger partial charge in [-0.15, -0.1) is 0 Å². The topological polar surface area (TPSA) is 75.4 Å². The molecular formula is C10H20N2O2. The third kappa shape index (κ3) is 2.96. The molecule has 1 unspecified atom stereocenters. The number of nitrogens with two attached hydrogens (primary N) is 1. The first-order valence-electron chi connectivity index (χ1n) is 5.27. The summed E-state index contributed by atoms with van der Waals surface area (Å²) in [4.78, 5) is 11.4. The van der Waals surface area contributed by atoms with Crippen molar-refractivity contribution < 1.29 is 9.90 Å². The molecule has 1 saturated carbocycles. The summed E-state index contributed by atoms with van der Waals surface area (Å²) < 4.78 is 0. The Hall–Kier alpha value is -0.610. The predicted molar refractivity (Wildman–Crippen MR) is 54.6 cm³/mol. The van der Waals surface area contributed by atoms with E-state index in [9.17, 15) is 9.90 Å². The molecule has 82 valence electrons. The Kier molecular flexibility index (Phi) is 3.89. The van der Waals surface area contributed by atoms with Crippen LogP contribution in [0.3, 0.4) is 0 Å². The molecule has 0 bridgehead atoms. The number of nitrogens with one attached hydrogen (secondary N) is 1. The molecule has 4 heteroatoms. The zero-order valence-electron chi connectivity index (χ0n) is 8.75. The average Bonchev–Trinajstić information content (AvgIpc) is 2.61. The Morgan fingerprint density at radius 1 is 1.57 bits per heavy atom. The van der Waals surface area contributed by atoms with Crippen LogP contribution in [0.2, 0.25) is 0 Å². The van der Waals surface area contributed by atoms with Crippen LogP contribution in [-0.2, 0) is 4.79 Å². The minimum absolute atomic E-state index is 0.0622. The average molecular weight is 200 g/mol. The molecule has 0 aromatic rings. The fourth-order valence-corrected chi connectivity index (χ4v) is 1.74. The smallest absolute Gasteiger partial charge is 0.224 e. The maximum absolute atomic E-state index is 11.4. The van der Waals surface area contributed by atoms with Gasteiger partial charge < -0.3 is 16.2 Å². The molecule has 0 spiro atoms. The number of carbonyl (C=O) groups excluding carboxylic acids is 1. The molecule has 14 heavy (non-hydrogen) atoms. The normalized spacial score (nSPS) is 21.9. The van der Waals surface area contributed by atoms with Gasteiger partial charge in [-0.25, -0.2) is 0 Å². The van der Waals surface area contributed by atoms with E-state index >= 15 is 0 Å². The minimum atomic E-state index is -0.663. The largest absolute Gasteiger partial charge is 0.388 e. The van der Waals surface area contributed by atoms with E-state index in [1.54, 1.807) is 6.92 Å². The first-order chi connectivity index (χ1) is 6.57. The fraction of sp³-hybridized carbons (Fsp3) is 0.900. The zero-order chi connectivity index (χ0) is 10.6. The number of amides is 1. The maximum atomic E-state index is 11.4. The summed E-state index contributed by atoms with van der Waals surface area (Å²) in [6, 6.07) is 0. The van der Waals surface area contributed by atoms with Gasteiger partial charge in [0.25, 0.3) is 0 Å². The molecule has 4 nitrogen and oxygen atoms in total. The summed E-state index contributed by atoms with van der Waals surface area (Å²) in [6.07, 6.45) is 3.70.